The number of anilines is 1. The maximum atomic E-state index is 13.6. The van der Waals surface area contributed by atoms with Gasteiger partial charge in [-0.2, -0.15) is 0 Å². The minimum Gasteiger partial charge on any atom is -0.495 e. The molecule has 0 heterocycles. The van der Waals surface area contributed by atoms with E-state index in [-0.39, 0.29) is 42.4 Å². The van der Waals surface area contributed by atoms with Gasteiger partial charge in [0.1, 0.15) is 11.6 Å². The lowest BCUT2D eigenvalue weighted by Crippen LogP contribution is -2.22. The van der Waals surface area contributed by atoms with Crippen molar-refractivity contribution in [2.45, 2.75) is 13.2 Å². The lowest BCUT2D eigenvalue weighted by Gasteiger charge is -2.10. The number of para-hydroxylation sites is 2. The Bertz CT molecular complexity index is 695. The minimum atomic E-state index is -0.292. The predicted octanol–water partition coefficient (Wildman–Crippen LogP) is 3.53. The molecule has 3 N–H and O–H groups in total. The summed E-state index contributed by atoms with van der Waals surface area (Å²) in [5.74, 6) is 0.640. The van der Waals surface area contributed by atoms with Gasteiger partial charge in [-0.3, -0.25) is 0 Å². The molecule has 0 aliphatic heterocycles. The van der Waals surface area contributed by atoms with Gasteiger partial charge in [-0.15, -0.1) is 24.0 Å². The third-order valence-electron chi connectivity index (χ3n) is 3.21. The van der Waals surface area contributed by atoms with Crippen molar-refractivity contribution >= 4 is 35.6 Å². The Morgan fingerprint density at radius 2 is 1.96 bits per heavy atom. The zero-order valence-electron chi connectivity index (χ0n) is 13.6. The fraction of sp³-hybridized carbons (Fsp3) is 0.235. The first kappa shape index (κ1) is 20.2. The summed E-state index contributed by atoms with van der Waals surface area (Å²) in [5.41, 5.74) is 7.97. The molecule has 0 unspecified atom stereocenters. The van der Waals surface area contributed by atoms with Crippen LogP contribution >= 0.6 is 24.0 Å². The molecule has 0 aliphatic rings. The summed E-state index contributed by atoms with van der Waals surface area (Å²) in [6.07, 6.45) is 0. The molecule has 24 heavy (non-hydrogen) atoms. The van der Waals surface area contributed by atoms with Gasteiger partial charge < -0.3 is 20.5 Å². The lowest BCUT2D eigenvalue weighted by atomic mass is 10.1. The standard InChI is InChI=1S/C17H20FN3O2.HI/c1-22-11-13-9-12(7-8-14(13)18)10-20-17(19)21-15-5-3-4-6-16(15)23-2;/h3-9H,10-11H2,1-2H3,(H3,19,20,21);1H. The van der Waals surface area contributed by atoms with Crippen molar-refractivity contribution in [1.29, 1.82) is 0 Å². The highest BCUT2D eigenvalue weighted by Gasteiger charge is 2.05. The largest absolute Gasteiger partial charge is 0.495 e. The quantitative estimate of drug-likeness (QED) is 0.406. The average molecular weight is 445 g/mol. The Morgan fingerprint density at radius 1 is 1.21 bits per heavy atom. The fourth-order valence-electron chi connectivity index (χ4n) is 2.09. The van der Waals surface area contributed by atoms with E-state index in [1.54, 1.807) is 19.2 Å². The second-order valence-electron chi connectivity index (χ2n) is 4.89. The molecule has 0 amide bonds. The van der Waals surface area contributed by atoms with Gasteiger partial charge in [0.05, 0.1) is 25.9 Å². The first-order chi connectivity index (χ1) is 11.1. The van der Waals surface area contributed by atoms with Gasteiger partial charge in [-0.25, -0.2) is 9.38 Å². The van der Waals surface area contributed by atoms with Crippen LogP contribution in [0.15, 0.2) is 47.5 Å². The second-order valence-corrected chi connectivity index (χ2v) is 4.89. The van der Waals surface area contributed by atoms with Crippen LogP contribution < -0.4 is 15.8 Å². The van der Waals surface area contributed by atoms with Crippen molar-refractivity contribution in [3.05, 3.63) is 59.4 Å². The van der Waals surface area contributed by atoms with E-state index in [0.29, 0.717) is 17.9 Å². The number of halogens is 2. The monoisotopic (exact) mass is 445 g/mol. The summed E-state index contributed by atoms with van der Waals surface area (Å²) in [7, 11) is 3.11. The first-order valence-corrected chi connectivity index (χ1v) is 7.10. The smallest absolute Gasteiger partial charge is 0.193 e. The van der Waals surface area contributed by atoms with E-state index in [0.717, 1.165) is 11.3 Å². The molecule has 0 bridgehead atoms. The summed E-state index contributed by atoms with van der Waals surface area (Å²) in [5, 5.41) is 2.99. The highest BCUT2D eigenvalue weighted by atomic mass is 127. The molecule has 130 valence electrons. The van der Waals surface area contributed by atoms with Gasteiger partial charge in [-0.05, 0) is 29.8 Å². The maximum Gasteiger partial charge on any atom is 0.193 e. The van der Waals surface area contributed by atoms with Gasteiger partial charge >= 0.3 is 0 Å². The molecule has 5 nitrogen and oxygen atoms in total. The van der Waals surface area contributed by atoms with Crippen molar-refractivity contribution in [2.24, 2.45) is 10.7 Å². The van der Waals surface area contributed by atoms with Crippen molar-refractivity contribution in [3.8, 4) is 5.75 Å². The first-order valence-electron chi connectivity index (χ1n) is 7.10. The Morgan fingerprint density at radius 3 is 2.67 bits per heavy atom. The van der Waals surface area contributed by atoms with Crippen molar-refractivity contribution in [2.75, 3.05) is 19.5 Å². The molecule has 0 saturated carbocycles. The normalized spacial score (nSPS) is 10.9. The zero-order chi connectivity index (χ0) is 16.7. The molecular formula is C17H21FIN3O2. The summed E-state index contributed by atoms with van der Waals surface area (Å²) in [4.78, 5) is 4.26. The molecule has 0 fully saturated rings. The van der Waals surface area contributed by atoms with Gasteiger partial charge in [-0.1, -0.05) is 18.2 Å². The average Bonchev–Trinajstić information content (AvgIpc) is 2.56. The zero-order valence-corrected chi connectivity index (χ0v) is 15.9. The third-order valence-corrected chi connectivity index (χ3v) is 3.21. The van der Waals surface area contributed by atoms with Crippen molar-refractivity contribution in [3.63, 3.8) is 0 Å². The van der Waals surface area contributed by atoms with Crippen LogP contribution in [0.25, 0.3) is 0 Å². The highest BCUT2D eigenvalue weighted by Crippen LogP contribution is 2.22. The molecule has 2 aromatic carbocycles. The Kier molecular flexibility index (Phi) is 8.48. The number of hydrogen-bond donors (Lipinski definition) is 2. The van der Waals surface area contributed by atoms with Crippen LogP contribution in [-0.4, -0.2) is 20.2 Å². The Balaban J connectivity index is 0.00000288. The fourth-order valence-corrected chi connectivity index (χ4v) is 2.09. The minimum absolute atomic E-state index is 0. The van der Waals surface area contributed by atoms with Crippen LogP contribution in [0, 0.1) is 5.82 Å². The molecule has 2 aromatic rings. The molecule has 0 aliphatic carbocycles. The Labute approximate surface area is 158 Å². The number of hydrogen-bond acceptors (Lipinski definition) is 3. The number of nitrogens with zero attached hydrogens (tertiary/aromatic N) is 1. The van der Waals surface area contributed by atoms with E-state index in [2.05, 4.69) is 10.3 Å². The van der Waals surface area contributed by atoms with E-state index in [1.807, 2.05) is 24.3 Å². The summed E-state index contributed by atoms with van der Waals surface area (Å²) < 4.78 is 23.8. The molecule has 0 aromatic heterocycles. The van der Waals surface area contributed by atoms with Gasteiger partial charge in [0.15, 0.2) is 5.96 Å². The number of nitrogens with two attached hydrogens (primary N) is 1. The molecule has 0 radical (unpaired) electrons. The molecule has 0 spiro atoms. The van der Waals surface area contributed by atoms with E-state index < -0.39 is 0 Å². The molecule has 2 rings (SSSR count). The van der Waals surface area contributed by atoms with Gasteiger partial charge in [0, 0.05) is 12.7 Å². The molecular weight excluding hydrogens is 424 g/mol. The van der Waals surface area contributed by atoms with E-state index in [1.165, 1.54) is 13.2 Å². The second kappa shape index (κ2) is 10.1. The van der Waals surface area contributed by atoms with Crippen LogP contribution in [-0.2, 0) is 17.9 Å². The topological polar surface area (TPSA) is 68.9 Å². The number of benzene rings is 2. The molecule has 0 saturated heterocycles. The van der Waals surface area contributed by atoms with Crippen LogP contribution in [0.5, 0.6) is 5.75 Å². The number of guanidine groups is 1. The van der Waals surface area contributed by atoms with E-state index >= 15 is 0 Å². The van der Waals surface area contributed by atoms with Crippen molar-refractivity contribution in [1.82, 2.24) is 0 Å². The van der Waals surface area contributed by atoms with Crippen LogP contribution in [0.4, 0.5) is 10.1 Å². The molecule has 7 heteroatoms. The van der Waals surface area contributed by atoms with Gasteiger partial charge in [0.25, 0.3) is 0 Å². The Hall–Kier alpha value is -1.87. The van der Waals surface area contributed by atoms with Crippen LogP contribution in [0.3, 0.4) is 0 Å². The summed E-state index contributed by atoms with van der Waals surface area (Å²) in [6, 6.07) is 12.2. The number of nitrogens with one attached hydrogen (secondary N) is 1. The van der Waals surface area contributed by atoms with E-state index in [9.17, 15) is 4.39 Å². The van der Waals surface area contributed by atoms with E-state index in [4.69, 9.17) is 15.2 Å². The number of methoxy groups -OCH3 is 2. The number of aliphatic imine (C=N–C) groups is 1. The predicted molar refractivity (Wildman–Crippen MR) is 104 cm³/mol. The highest BCUT2D eigenvalue weighted by molar-refractivity contribution is 14.0. The number of ether oxygens (including phenoxy) is 2. The number of rotatable bonds is 6. The SMILES string of the molecule is COCc1cc(CN=C(N)Nc2ccccc2OC)ccc1F.I. The summed E-state index contributed by atoms with van der Waals surface area (Å²) >= 11 is 0. The maximum absolute atomic E-state index is 13.6. The summed E-state index contributed by atoms with van der Waals surface area (Å²) in [6.45, 7) is 0.559. The van der Waals surface area contributed by atoms with Crippen molar-refractivity contribution < 1.29 is 13.9 Å². The van der Waals surface area contributed by atoms with Crippen LogP contribution in [0.2, 0.25) is 0 Å². The lowest BCUT2D eigenvalue weighted by molar-refractivity contribution is 0.181. The third kappa shape index (κ3) is 5.64. The molecule has 0 atom stereocenters. The van der Waals surface area contributed by atoms with Crippen LogP contribution in [0.1, 0.15) is 11.1 Å². The van der Waals surface area contributed by atoms with Gasteiger partial charge in [0.2, 0.25) is 0 Å².